The van der Waals surface area contributed by atoms with Crippen LogP contribution in [0, 0.1) is 5.82 Å². The van der Waals surface area contributed by atoms with Crippen LogP contribution < -0.4 is 5.32 Å². The van der Waals surface area contributed by atoms with Gasteiger partial charge in [-0.05, 0) is 37.1 Å². The molecule has 1 aliphatic carbocycles. The highest BCUT2D eigenvalue weighted by molar-refractivity contribution is 9.09. The minimum Gasteiger partial charge on any atom is -0.348 e. The molecule has 1 fully saturated rings. The number of hydrogen-bond acceptors (Lipinski definition) is 1. The fourth-order valence-electron chi connectivity index (χ4n) is 2.28. The van der Waals surface area contributed by atoms with Crippen molar-refractivity contribution in [3.05, 3.63) is 35.6 Å². The second-order valence-electron chi connectivity index (χ2n) is 4.74. The SMILES string of the molecule is O=C(NC1CCCCCC1Br)c1ccc(F)cc1. The summed E-state index contributed by atoms with van der Waals surface area (Å²) in [5, 5.41) is 3.04. The van der Waals surface area contributed by atoms with E-state index in [1.54, 1.807) is 0 Å². The van der Waals surface area contributed by atoms with Crippen molar-refractivity contribution < 1.29 is 9.18 Å². The highest BCUT2D eigenvalue weighted by atomic mass is 79.9. The topological polar surface area (TPSA) is 29.1 Å². The van der Waals surface area contributed by atoms with Gasteiger partial charge in [-0.15, -0.1) is 0 Å². The van der Waals surface area contributed by atoms with Crippen LogP contribution in [0.4, 0.5) is 4.39 Å². The average Bonchev–Trinajstić information content (AvgIpc) is 2.56. The van der Waals surface area contributed by atoms with Gasteiger partial charge in [-0.2, -0.15) is 0 Å². The first-order valence-corrected chi connectivity index (χ1v) is 7.29. The number of benzene rings is 1. The number of carbonyl (C=O) groups is 1. The van der Waals surface area contributed by atoms with Gasteiger partial charge in [0.2, 0.25) is 0 Å². The van der Waals surface area contributed by atoms with Crippen LogP contribution in [0.1, 0.15) is 42.5 Å². The molecule has 0 aliphatic heterocycles. The number of nitrogens with one attached hydrogen (secondary N) is 1. The molecule has 1 N–H and O–H groups in total. The predicted octanol–water partition coefficient (Wildman–Crippen LogP) is 3.65. The maximum absolute atomic E-state index is 12.8. The Bertz CT molecular complexity index is 407. The lowest BCUT2D eigenvalue weighted by Gasteiger charge is -2.21. The zero-order valence-electron chi connectivity index (χ0n) is 10.2. The first-order valence-electron chi connectivity index (χ1n) is 6.37. The van der Waals surface area contributed by atoms with Gasteiger partial charge in [0, 0.05) is 16.4 Å². The second kappa shape index (κ2) is 6.32. The molecule has 1 aromatic carbocycles. The average molecular weight is 314 g/mol. The van der Waals surface area contributed by atoms with Gasteiger partial charge in [0.25, 0.3) is 5.91 Å². The summed E-state index contributed by atoms with van der Waals surface area (Å²) in [5.41, 5.74) is 0.514. The summed E-state index contributed by atoms with van der Waals surface area (Å²) < 4.78 is 12.8. The fourth-order valence-corrected chi connectivity index (χ4v) is 3.00. The van der Waals surface area contributed by atoms with E-state index < -0.39 is 0 Å². The maximum atomic E-state index is 12.8. The summed E-state index contributed by atoms with van der Waals surface area (Å²) in [6, 6.07) is 5.83. The normalized spacial score (nSPS) is 24.3. The molecule has 0 radical (unpaired) electrons. The number of alkyl halides is 1. The zero-order valence-corrected chi connectivity index (χ0v) is 11.7. The van der Waals surface area contributed by atoms with E-state index in [0.717, 1.165) is 19.3 Å². The van der Waals surface area contributed by atoms with Crippen molar-refractivity contribution in [2.45, 2.75) is 43.0 Å². The standard InChI is InChI=1S/C14H17BrFNO/c15-12-4-2-1-3-5-13(12)17-14(18)10-6-8-11(16)9-7-10/h6-9,12-13H,1-5H2,(H,17,18). The molecule has 2 atom stereocenters. The molecule has 1 aromatic rings. The second-order valence-corrected chi connectivity index (χ2v) is 5.92. The number of rotatable bonds is 2. The summed E-state index contributed by atoms with van der Waals surface area (Å²) in [7, 11) is 0. The van der Waals surface area contributed by atoms with E-state index in [2.05, 4.69) is 21.2 Å². The Morgan fingerprint density at radius 2 is 1.83 bits per heavy atom. The van der Waals surface area contributed by atoms with Gasteiger partial charge >= 0.3 is 0 Å². The summed E-state index contributed by atoms with van der Waals surface area (Å²) in [4.78, 5) is 12.4. The molecular formula is C14H17BrFNO. The summed E-state index contributed by atoms with van der Waals surface area (Å²) in [5.74, 6) is -0.439. The van der Waals surface area contributed by atoms with E-state index in [1.165, 1.54) is 37.1 Å². The lowest BCUT2D eigenvalue weighted by atomic mass is 10.1. The third kappa shape index (κ3) is 3.55. The largest absolute Gasteiger partial charge is 0.348 e. The first-order chi connectivity index (χ1) is 8.66. The molecule has 0 aromatic heterocycles. The molecule has 2 unspecified atom stereocenters. The van der Waals surface area contributed by atoms with E-state index in [9.17, 15) is 9.18 Å². The van der Waals surface area contributed by atoms with Crippen molar-refractivity contribution in [1.82, 2.24) is 5.32 Å². The molecule has 18 heavy (non-hydrogen) atoms. The summed E-state index contributed by atoms with van der Waals surface area (Å²) in [6.07, 6.45) is 5.68. The lowest BCUT2D eigenvalue weighted by Crippen LogP contribution is -2.40. The van der Waals surface area contributed by atoms with Crippen molar-refractivity contribution in [2.75, 3.05) is 0 Å². The van der Waals surface area contributed by atoms with Gasteiger partial charge in [0.05, 0.1) is 0 Å². The Morgan fingerprint density at radius 3 is 2.56 bits per heavy atom. The Morgan fingerprint density at radius 1 is 1.17 bits per heavy atom. The minimum absolute atomic E-state index is 0.119. The van der Waals surface area contributed by atoms with E-state index in [1.807, 2.05) is 0 Å². The highest BCUT2D eigenvalue weighted by Crippen LogP contribution is 2.24. The number of hydrogen-bond donors (Lipinski definition) is 1. The molecule has 0 bridgehead atoms. The van der Waals surface area contributed by atoms with Crippen molar-refractivity contribution in [2.24, 2.45) is 0 Å². The number of carbonyl (C=O) groups excluding carboxylic acids is 1. The molecule has 0 spiro atoms. The molecule has 0 heterocycles. The molecular weight excluding hydrogens is 297 g/mol. The van der Waals surface area contributed by atoms with Gasteiger partial charge in [-0.3, -0.25) is 4.79 Å². The fraction of sp³-hybridized carbons (Fsp3) is 0.500. The van der Waals surface area contributed by atoms with Crippen LogP contribution in [-0.4, -0.2) is 16.8 Å². The van der Waals surface area contributed by atoms with Crippen LogP contribution in [-0.2, 0) is 0 Å². The molecule has 1 amide bonds. The molecule has 2 nitrogen and oxygen atoms in total. The molecule has 98 valence electrons. The highest BCUT2D eigenvalue weighted by Gasteiger charge is 2.23. The van der Waals surface area contributed by atoms with Gasteiger partial charge in [0.1, 0.15) is 5.82 Å². The van der Waals surface area contributed by atoms with E-state index in [-0.39, 0.29) is 17.8 Å². The van der Waals surface area contributed by atoms with Crippen LogP contribution in [0.15, 0.2) is 24.3 Å². The Balaban J connectivity index is 1.99. The van der Waals surface area contributed by atoms with Gasteiger partial charge in [0.15, 0.2) is 0 Å². The quantitative estimate of drug-likeness (QED) is 0.655. The van der Waals surface area contributed by atoms with Crippen molar-refractivity contribution in [3.8, 4) is 0 Å². The van der Waals surface area contributed by atoms with Crippen LogP contribution in [0.3, 0.4) is 0 Å². The van der Waals surface area contributed by atoms with Crippen LogP contribution in [0.25, 0.3) is 0 Å². The zero-order chi connectivity index (χ0) is 13.0. The smallest absolute Gasteiger partial charge is 0.251 e. The first kappa shape index (κ1) is 13.5. The molecule has 0 saturated heterocycles. The van der Waals surface area contributed by atoms with E-state index in [0.29, 0.717) is 10.4 Å². The lowest BCUT2D eigenvalue weighted by molar-refractivity contribution is 0.0935. The van der Waals surface area contributed by atoms with Crippen molar-refractivity contribution in [1.29, 1.82) is 0 Å². The molecule has 2 rings (SSSR count). The predicted molar refractivity (Wildman–Crippen MR) is 73.5 cm³/mol. The van der Waals surface area contributed by atoms with Crippen molar-refractivity contribution in [3.63, 3.8) is 0 Å². The van der Waals surface area contributed by atoms with Gasteiger partial charge < -0.3 is 5.32 Å². The van der Waals surface area contributed by atoms with Crippen LogP contribution >= 0.6 is 15.9 Å². The van der Waals surface area contributed by atoms with Gasteiger partial charge in [-0.25, -0.2) is 4.39 Å². The maximum Gasteiger partial charge on any atom is 0.251 e. The third-order valence-electron chi connectivity index (χ3n) is 3.35. The Hall–Kier alpha value is -0.900. The van der Waals surface area contributed by atoms with E-state index >= 15 is 0 Å². The molecule has 1 saturated carbocycles. The molecule has 1 aliphatic rings. The monoisotopic (exact) mass is 313 g/mol. The summed E-state index contributed by atoms with van der Waals surface area (Å²) >= 11 is 3.64. The Kier molecular flexibility index (Phi) is 4.75. The van der Waals surface area contributed by atoms with Gasteiger partial charge in [-0.1, -0.05) is 35.2 Å². The van der Waals surface area contributed by atoms with Crippen molar-refractivity contribution >= 4 is 21.8 Å². The van der Waals surface area contributed by atoms with E-state index in [4.69, 9.17) is 0 Å². The molecule has 4 heteroatoms. The number of amides is 1. The summed E-state index contributed by atoms with van der Waals surface area (Å²) in [6.45, 7) is 0. The Labute approximate surface area is 115 Å². The minimum atomic E-state index is -0.320. The third-order valence-corrected chi connectivity index (χ3v) is 4.45. The van der Waals surface area contributed by atoms with Crippen LogP contribution in [0.5, 0.6) is 0 Å². The number of halogens is 2. The van der Waals surface area contributed by atoms with Crippen LogP contribution in [0.2, 0.25) is 0 Å².